The lowest BCUT2D eigenvalue weighted by Gasteiger charge is -2.39. The van der Waals surface area contributed by atoms with Gasteiger partial charge in [0.25, 0.3) is 0 Å². The minimum absolute atomic E-state index is 0.243. The van der Waals surface area contributed by atoms with Gasteiger partial charge in [0.2, 0.25) is 0 Å². The Morgan fingerprint density at radius 2 is 1.56 bits per heavy atom. The second-order valence-corrected chi connectivity index (χ2v) is 7.21. The number of nitrogens with zero attached hydrogens (tertiary/aromatic N) is 1. The van der Waals surface area contributed by atoms with Gasteiger partial charge in [-0.05, 0) is 42.5 Å². The number of rotatable bonds is 6. The van der Waals surface area contributed by atoms with E-state index in [0.29, 0.717) is 19.4 Å². The highest BCUT2D eigenvalue weighted by Gasteiger charge is 2.32. The number of phenolic OH excluding ortho intramolecular Hbond substituents is 1. The van der Waals surface area contributed by atoms with E-state index >= 15 is 0 Å². The predicted molar refractivity (Wildman–Crippen MR) is 98.6 cm³/mol. The Morgan fingerprint density at radius 3 is 2.20 bits per heavy atom. The summed E-state index contributed by atoms with van der Waals surface area (Å²) in [4.78, 5) is 2.23. The summed E-state index contributed by atoms with van der Waals surface area (Å²) in [6.07, 6.45) is 2.29. The standard InChI is InChI=1S/C21H27NO3/c23-19-8-6-17(7-9-19)14-20(24)16-22-12-10-21(25,11-13-22)15-18-4-2-1-3-5-18/h1-9,20,23-25H,10-16H2. The van der Waals surface area contributed by atoms with Gasteiger partial charge >= 0.3 is 0 Å². The van der Waals surface area contributed by atoms with Crippen molar-refractivity contribution >= 4 is 0 Å². The fourth-order valence-electron chi connectivity index (χ4n) is 3.57. The molecule has 0 saturated carbocycles. The first-order valence-corrected chi connectivity index (χ1v) is 8.97. The van der Waals surface area contributed by atoms with Crippen LogP contribution in [0.15, 0.2) is 54.6 Å². The van der Waals surface area contributed by atoms with Crippen LogP contribution in [-0.4, -0.2) is 51.6 Å². The number of aromatic hydroxyl groups is 1. The van der Waals surface area contributed by atoms with Gasteiger partial charge in [-0.3, -0.25) is 0 Å². The topological polar surface area (TPSA) is 63.9 Å². The van der Waals surface area contributed by atoms with Crippen LogP contribution in [0.5, 0.6) is 5.75 Å². The fourth-order valence-corrected chi connectivity index (χ4v) is 3.57. The smallest absolute Gasteiger partial charge is 0.115 e. The van der Waals surface area contributed by atoms with E-state index in [1.165, 1.54) is 5.56 Å². The van der Waals surface area contributed by atoms with Crippen LogP contribution in [0, 0.1) is 0 Å². The van der Waals surface area contributed by atoms with E-state index in [0.717, 1.165) is 31.5 Å². The summed E-state index contributed by atoms with van der Waals surface area (Å²) in [5.41, 5.74) is 1.55. The Hall–Kier alpha value is -1.88. The average Bonchev–Trinajstić information content (AvgIpc) is 2.60. The van der Waals surface area contributed by atoms with Crippen molar-refractivity contribution in [3.05, 3.63) is 65.7 Å². The molecule has 4 nitrogen and oxygen atoms in total. The van der Waals surface area contributed by atoms with Gasteiger partial charge in [-0.2, -0.15) is 0 Å². The molecule has 0 bridgehead atoms. The van der Waals surface area contributed by atoms with Crippen LogP contribution < -0.4 is 0 Å². The molecule has 1 aliphatic rings. The molecule has 1 fully saturated rings. The van der Waals surface area contributed by atoms with E-state index in [2.05, 4.69) is 17.0 Å². The monoisotopic (exact) mass is 341 g/mol. The fraction of sp³-hybridized carbons (Fsp3) is 0.429. The van der Waals surface area contributed by atoms with E-state index in [1.807, 2.05) is 30.3 Å². The summed E-state index contributed by atoms with van der Waals surface area (Å²) in [6, 6.07) is 17.1. The molecule has 2 aromatic carbocycles. The molecule has 1 saturated heterocycles. The van der Waals surface area contributed by atoms with E-state index in [9.17, 15) is 15.3 Å². The van der Waals surface area contributed by atoms with Crippen LogP contribution in [-0.2, 0) is 12.8 Å². The summed E-state index contributed by atoms with van der Waals surface area (Å²) in [7, 11) is 0. The summed E-state index contributed by atoms with van der Waals surface area (Å²) in [6.45, 7) is 2.22. The zero-order valence-electron chi connectivity index (χ0n) is 14.5. The molecule has 1 aliphatic heterocycles. The number of benzene rings is 2. The number of phenols is 1. The Morgan fingerprint density at radius 1 is 0.920 bits per heavy atom. The third-order valence-corrected chi connectivity index (χ3v) is 5.04. The molecule has 4 heteroatoms. The van der Waals surface area contributed by atoms with Gasteiger partial charge in [-0.1, -0.05) is 42.5 Å². The van der Waals surface area contributed by atoms with Crippen molar-refractivity contribution in [3.8, 4) is 5.75 Å². The molecule has 0 aliphatic carbocycles. The molecule has 0 spiro atoms. The number of aliphatic hydroxyl groups is 2. The van der Waals surface area contributed by atoms with Crippen molar-refractivity contribution in [2.45, 2.75) is 37.4 Å². The Bertz CT molecular complexity index is 649. The number of piperidine rings is 1. The van der Waals surface area contributed by atoms with Gasteiger partial charge in [0, 0.05) is 26.1 Å². The number of β-amino-alcohol motifs (C(OH)–C–C–N with tert-alkyl or cyclic N) is 1. The number of hydrogen-bond acceptors (Lipinski definition) is 4. The molecule has 3 rings (SSSR count). The Balaban J connectivity index is 1.46. The van der Waals surface area contributed by atoms with Crippen molar-refractivity contribution in [2.75, 3.05) is 19.6 Å². The van der Waals surface area contributed by atoms with Crippen molar-refractivity contribution < 1.29 is 15.3 Å². The van der Waals surface area contributed by atoms with Crippen LogP contribution in [0.2, 0.25) is 0 Å². The molecule has 1 heterocycles. The van der Waals surface area contributed by atoms with E-state index in [1.54, 1.807) is 12.1 Å². The van der Waals surface area contributed by atoms with Gasteiger partial charge in [-0.25, -0.2) is 0 Å². The first-order valence-electron chi connectivity index (χ1n) is 8.97. The highest BCUT2D eigenvalue weighted by atomic mass is 16.3. The molecule has 1 unspecified atom stereocenters. The van der Waals surface area contributed by atoms with Crippen LogP contribution in [0.25, 0.3) is 0 Å². The van der Waals surface area contributed by atoms with Crippen molar-refractivity contribution in [1.82, 2.24) is 4.90 Å². The van der Waals surface area contributed by atoms with Crippen LogP contribution in [0.4, 0.5) is 0 Å². The van der Waals surface area contributed by atoms with E-state index in [4.69, 9.17) is 0 Å². The summed E-state index contributed by atoms with van der Waals surface area (Å²) in [5.74, 6) is 0.243. The zero-order chi connectivity index (χ0) is 17.7. The lowest BCUT2D eigenvalue weighted by molar-refractivity contribution is -0.0292. The molecule has 0 aromatic heterocycles. The minimum atomic E-state index is -0.639. The van der Waals surface area contributed by atoms with Gasteiger partial charge < -0.3 is 20.2 Å². The van der Waals surface area contributed by atoms with Gasteiger partial charge in [0.1, 0.15) is 5.75 Å². The average molecular weight is 341 g/mol. The van der Waals surface area contributed by atoms with Crippen molar-refractivity contribution in [3.63, 3.8) is 0 Å². The third-order valence-electron chi connectivity index (χ3n) is 5.04. The molecule has 25 heavy (non-hydrogen) atoms. The van der Waals surface area contributed by atoms with E-state index in [-0.39, 0.29) is 5.75 Å². The first-order chi connectivity index (χ1) is 12.0. The van der Waals surface area contributed by atoms with Crippen LogP contribution >= 0.6 is 0 Å². The number of hydrogen-bond donors (Lipinski definition) is 3. The van der Waals surface area contributed by atoms with Crippen LogP contribution in [0.1, 0.15) is 24.0 Å². The normalized spacial score (nSPS) is 18.8. The molecule has 2 aromatic rings. The maximum atomic E-state index is 10.8. The predicted octanol–water partition coefficient (Wildman–Crippen LogP) is 2.37. The molecular weight excluding hydrogens is 314 g/mol. The molecule has 3 N–H and O–H groups in total. The second-order valence-electron chi connectivity index (χ2n) is 7.21. The lowest BCUT2D eigenvalue weighted by Crippen LogP contribution is -2.47. The van der Waals surface area contributed by atoms with E-state index < -0.39 is 11.7 Å². The third kappa shape index (κ3) is 5.30. The van der Waals surface area contributed by atoms with Gasteiger partial charge in [-0.15, -0.1) is 0 Å². The summed E-state index contributed by atoms with van der Waals surface area (Å²) < 4.78 is 0. The van der Waals surface area contributed by atoms with Gasteiger partial charge in [0.05, 0.1) is 11.7 Å². The molecule has 0 amide bonds. The van der Waals surface area contributed by atoms with Gasteiger partial charge in [0.15, 0.2) is 0 Å². The maximum absolute atomic E-state index is 10.8. The quantitative estimate of drug-likeness (QED) is 0.755. The first kappa shape index (κ1) is 17.9. The Labute approximate surface area is 149 Å². The molecule has 0 radical (unpaired) electrons. The number of aliphatic hydroxyl groups excluding tert-OH is 1. The number of likely N-dealkylation sites (tertiary alicyclic amines) is 1. The van der Waals surface area contributed by atoms with Crippen LogP contribution in [0.3, 0.4) is 0 Å². The second kappa shape index (κ2) is 8.00. The maximum Gasteiger partial charge on any atom is 0.115 e. The highest BCUT2D eigenvalue weighted by Crippen LogP contribution is 2.26. The van der Waals surface area contributed by atoms with Crippen molar-refractivity contribution in [1.29, 1.82) is 0 Å². The lowest BCUT2D eigenvalue weighted by atomic mass is 9.85. The summed E-state index contributed by atoms with van der Waals surface area (Å²) >= 11 is 0. The minimum Gasteiger partial charge on any atom is -0.508 e. The summed E-state index contributed by atoms with van der Waals surface area (Å²) in [5, 5.41) is 30.5. The Kier molecular flexibility index (Phi) is 5.74. The molecular formula is C21H27NO3. The SMILES string of the molecule is Oc1ccc(CC(O)CN2CCC(O)(Cc3ccccc3)CC2)cc1. The molecule has 134 valence electrons. The van der Waals surface area contributed by atoms with Crippen molar-refractivity contribution in [2.24, 2.45) is 0 Å². The highest BCUT2D eigenvalue weighted by molar-refractivity contribution is 5.26. The molecule has 1 atom stereocenters. The zero-order valence-corrected chi connectivity index (χ0v) is 14.5. The largest absolute Gasteiger partial charge is 0.508 e.